The van der Waals surface area contributed by atoms with Crippen molar-refractivity contribution in [1.29, 1.82) is 0 Å². The van der Waals surface area contributed by atoms with E-state index in [1.165, 1.54) is 0 Å². The molecule has 0 bridgehead atoms. The number of aromatic nitrogens is 2. The summed E-state index contributed by atoms with van der Waals surface area (Å²) in [6, 6.07) is 1.93. The Bertz CT molecular complexity index is 447. The fourth-order valence-electron chi connectivity index (χ4n) is 2.33. The Kier molecular flexibility index (Phi) is 3.91. The lowest BCUT2D eigenvalue weighted by Gasteiger charge is -2.31. The van der Waals surface area contributed by atoms with E-state index >= 15 is 0 Å². The summed E-state index contributed by atoms with van der Waals surface area (Å²) in [5.41, 5.74) is 8.14. The topological polar surface area (TPSA) is 72.1 Å². The van der Waals surface area contributed by atoms with Crippen LogP contribution in [0.25, 0.3) is 0 Å². The second-order valence-corrected chi connectivity index (χ2v) is 4.85. The lowest BCUT2D eigenvalue weighted by Crippen LogP contribution is -2.46. The van der Waals surface area contributed by atoms with Crippen LogP contribution in [0.1, 0.15) is 41.5 Å². The first kappa shape index (κ1) is 13.0. The first-order chi connectivity index (χ1) is 8.61. The monoisotopic (exact) mass is 248 g/mol. The molecule has 2 N–H and O–H groups in total. The number of rotatable bonds is 2. The minimum absolute atomic E-state index is 0.0417. The van der Waals surface area contributed by atoms with Crippen molar-refractivity contribution in [1.82, 2.24) is 15.1 Å². The molecule has 18 heavy (non-hydrogen) atoms. The van der Waals surface area contributed by atoms with Crippen molar-refractivity contribution < 1.29 is 4.79 Å². The van der Waals surface area contributed by atoms with Gasteiger partial charge < -0.3 is 10.6 Å². The van der Waals surface area contributed by atoms with Crippen LogP contribution >= 0.6 is 0 Å². The van der Waals surface area contributed by atoms with Gasteiger partial charge in [0.2, 0.25) is 0 Å². The number of hydrogen-bond donors (Lipinski definition) is 1. The SMILES string of the molecule is CCc1nnc(C)cc1C(=O)N1CCCC(N)C1. The van der Waals surface area contributed by atoms with Gasteiger partial charge in [-0.25, -0.2) is 0 Å². The molecule has 98 valence electrons. The zero-order chi connectivity index (χ0) is 13.1. The lowest BCUT2D eigenvalue weighted by atomic mass is 10.0. The normalized spacial score (nSPS) is 19.9. The summed E-state index contributed by atoms with van der Waals surface area (Å²) in [7, 11) is 0. The summed E-state index contributed by atoms with van der Waals surface area (Å²) in [5, 5.41) is 8.11. The number of amides is 1. The zero-order valence-corrected chi connectivity index (χ0v) is 11.0. The van der Waals surface area contributed by atoms with Gasteiger partial charge in [-0.15, -0.1) is 0 Å². The highest BCUT2D eigenvalue weighted by Gasteiger charge is 2.24. The minimum Gasteiger partial charge on any atom is -0.337 e. The molecule has 1 saturated heterocycles. The van der Waals surface area contributed by atoms with E-state index in [-0.39, 0.29) is 11.9 Å². The van der Waals surface area contributed by atoms with E-state index in [0.717, 1.165) is 30.8 Å². The summed E-state index contributed by atoms with van der Waals surface area (Å²) in [6.45, 7) is 5.27. The smallest absolute Gasteiger partial charge is 0.255 e. The molecule has 1 aliphatic rings. The van der Waals surface area contributed by atoms with E-state index < -0.39 is 0 Å². The van der Waals surface area contributed by atoms with Crippen molar-refractivity contribution in [3.05, 3.63) is 23.0 Å². The van der Waals surface area contributed by atoms with E-state index in [2.05, 4.69) is 10.2 Å². The second kappa shape index (κ2) is 5.44. The highest BCUT2D eigenvalue weighted by molar-refractivity contribution is 5.95. The number of nitrogens with two attached hydrogens (primary N) is 1. The van der Waals surface area contributed by atoms with E-state index in [0.29, 0.717) is 18.5 Å². The molecule has 1 amide bonds. The standard InChI is InChI=1S/C13H20N4O/c1-3-12-11(7-9(2)15-16-12)13(18)17-6-4-5-10(14)8-17/h7,10H,3-6,8,14H2,1-2H3. The van der Waals surface area contributed by atoms with Crippen LogP contribution in [0.4, 0.5) is 0 Å². The fraction of sp³-hybridized carbons (Fsp3) is 0.615. The van der Waals surface area contributed by atoms with Gasteiger partial charge in [-0.2, -0.15) is 10.2 Å². The Morgan fingerprint density at radius 3 is 3.00 bits per heavy atom. The van der Waals surface area contributed by atoms with Crippen molar-refractivity contribution in [2.75, 3.05) is 13.1 Å². The number of carbonyl (C=O) groups is 1. The van der Waals surface area contributed by atoms with Gasteiger partial charge in [0, 0.05) is 19.1 Å². The summed E-state index contributed by atoms with van der Waals surface area (Å²) in [5.74, 6) is 0.0417. The van der Waals surface area contributed by atoms with Crippen LogP contribution in [0.5, 0.6) is 0 Å². The molecule has 1 aromatic rings. The van der Waals surface area contributed by atoms with Crippen LogP contribution in [0.2, 0.25) is 0 Å². The van der Waals surface area contributed by atoms with Crippen LogP contribution in [0.15, 0.2) is 6.07 Å². The summed E-state index contributed by atoms with van der Waals surface area (Å²) >= 11 is 0. The number of hydrogen-bond acceptors (Lipinski definition) is 4. The molecule has 0 saturated carbocycles. The number of carbonyl (C=O) groups excluding carboxylic acids is 1. The maximum absolute atomic E-state index is 12.5. The quantitative estimate of drug-likeness (QED) is 0.844. The van der Waals surface area contributed by atoms with Crippen LogP contribution in [0, 0.1) is 6.92 Å². The van der Waals surface area contributed by atoms with Crippen LogP contribution in [-0.4, -0.2) is 40.1 Å². The third-order valence-corrected chi connectivity index (χ3v) is 3.30. The molecular weight excluding hydrogens is 228 g/mol. The van der Waals surface area contributed by atoms with Crippen molar-refractivity contribution in [2.45, 2.75) is 39.2 Å². The highest BCUT2D eigenvalue weighted by atomic mass is 16.2. The van der Waals surface area contributed by atoms with E-state index in [1.54, 1.807) is 0 Å². The molecule has 5 nitrogen and oxygen atoms in total. The summed E-state index contributed by atoms with van der Waals surface area (Å²) in [4.78, 5) is 14.3. The predicted molar refractivity (Wildman–Crippen MR) is 69.3 cm³/mol. The van der Waals surface area contributed by atoms with Gasteiger partial charge in [-0.3, -0.25) is 4.79 Å². The molecule has 0 spiro atoms. The van der Waals surface area contributed by atoms with E-state index in [1.807, 2.05) is 24.8 Å². The average molecular weight is 248 g/mol. The summed E-state index contributed by atoms with van der Waals surface area (Å²) < 4.78 is 0. The predicted octanol–water partition coefficient (Wildman–Crippen LogP) is 0.911. The van der Waals surface area contributed by atoms with Gasteiger partial charge in [0.1, 0.15) is 0 Å². The van der Waals surface area contributed by atoms with Gasteiger partial charge in [0.25, 0.3) is 5.91 Å². The summed E-state index contributed by atoms with van der Waals surface area (Å²) in [6.07, 6.45) is 2.69. The van der Waals surface area contributed by atoms with Crippen molar-refractivity contribution in [2.24, 2.45) is 5.73 Å². The molecule has 1 fully saturated rings. The molecule has 1 aromatic heterocycles. The van der Waals surface area contributed by atoms with Crippen LogP contribution in [-0.2, 0) is 6.42 Å². The first-order valence-corrected chi connectivity index (χ1v) is 6.50. The van der Waals surface area contributed by atoms with Gasteiger partial charge in [-0.05, 0) is 32.3 Å². The Morgan fingerprint density at radius 2 is 2.33 bits per heavy atom. The largest absolute Gasteiger partial charge is 0.337 e. The maximum Gasteiger partial charge on any atom is 0.255 e. The minimum atomic E-state index is 0.0417. The molecule has 1 aliphatic heterocycles. The fourth-order valence-corrected chi connectivity index (χ4v) is 2.33. The van der Waals surface area contributed by atoms with Crippen molar-refractivity contribution in [3.8, 4) is 0 Å². The van der Waals surface area contributed by atoms with Gasteiger partial charge >= 0.3 is 0 Å². The van der Waals surface area contributed by atoms with Crippen LogP contribution in [0.3, 0.4) is 0 Å². The number of aryl methyl sites for hydroxylation is 2. The molecular formula is C13H20N4O. The Labute approximate surface area is 107 Å². The number of nitrogens with zero attached hydrogens (tertiary/aromatic N) is 3. The third-order valence-electron chi connectivity index (χ3n) is 3.30. The molecule has 0 radical (unpaired) electrons. The third kappa shape index (κ3) is 2.67. The molecule has 1 atom stereocenters. The maximum atomic E-state index is 12.5. The second-order valence-electron chi connectivity index (χ2n) is 4.85. The molecule has 5 heteroatoms. The molecule has 2 rings (SSSR count). The lowest BCUT2D eigenvalue weighted by molar-refractivity contribution is 0.0706. The van der Waals surface area contributed by atoms with Gasteiger partial charge in [0.05, 0.1) is 17.0 Å². The zero-order valence-electron chi connectivity index (χ0n) is 11.0. The number of piperidine rings is 1. The van der Waals surface area contributed by atoms with E-state index in [9.17, 15) is 4.79 Å². The first-order valence-electron chi connectivity index (χ1n) is 6.50. The Balaban J connectivity index is 2.24. The van der Waals surface area contributed by atoms with E-state index in [4.69, 9.17) is 5.73 Å². The highest BCUT2D eigenvalue weighted by Crippen LogP contribution is 2.15. The Morgan fingerprint density at radius 1 is 1.56 bits per heavy atom. The van der Waals surface area contributed by atoms with Gasteiger partial charge in [0.15, 0.2) is 0 Å². The van der Waals surface area contributed by atoms with Crippen molar-refractivity contribution in [3.63, 3.8) is 0 Å². The van der Waals surface area contributed by atoms with Crippen LogP contribution < -0.4 is 5.73 Å². The molecule has 1 unspecified atom stereocenters. The molecule has 0 aliphatic carbocycles. The average Bonchev–Trinajstić information content (AvgIpc) is 2.38. The van der Waals surface area contributed by atoms with Gasteiger partial charge in [-0.1, -0.05) is 6.92 Å². The Hall–Kier alpha value is -1.49. The number of likely N-dealkylation sites (tertiary alicyclic amines) is 1. The van der Waals surface area contributed by atoms with Crippen molar-refractivity contribution >= 4 is 5.91 Å². The molecule has 0 aromatic carbocycles. The molecule has 2 heterocycles.